The van der Waals surface area contributed by atoms with Crippen LogP contribution < -0.4 is 0 Å². The number of benzene rings is 1. The van der Waals surface area contributed by atoms with Crippen molar-refractivity contribution in [1.29, 1.82) is 0 Å². The summed E-state index contributed by atoms with van der Waals surface area (Å²) in [6.45, 7) is 0.774. The van der Waals surface area contributed by atoms with Crippen LogP contribution in [0.15, 0.2) is 33.4 Å². The first kappa shape index (κ1) is 15.3. The second-order valence-electron chi connectivity index (χ2n) is 4.48. The average Bonchev–Trinajstić information content (AvgIpc) is 2.77. The van der Waals surface area contributed by atoms with Crippen LogP contribution in [0.1, 0.15) is 15.9 Å². The molecule has 0 unspecified atom stereocenters. The van der Waals surface area contributed by atoms with Crippen molar-refractivity contribution in [3.63, 3.8) is 0 Å². The number of halogens is 3. The van der Waals surface area contributed by atoms with Crippen LogP contribution in [-0.2, 0) is 6.54 Å². The minimum atomic E-state index is -1.000. The standard InChI is InChI=1S/C14H12BrF2NOS/c1-18(6-9-4-14(15)20-8-9)7-13(19)10-2-3-11(16)12(17)5-10/h2-5,8H,6-7H2,1H3. The number of carbonyl (C=O) groups excluding carboxylic acids is 1. The normalized spacial score (nSPS) is 11.1. The molecule has 20 heavy (non-hydrogen) atoms. The van der Waals surface area contributed by atoms with E-state index < -0.39 is 11.6 Å². The fourth-order valence-corrected chi connectivity index (χ4v) is 3.00. The van der Waals surface area contributed by atoms with Crippen molar-refractivity contribution in [2.24, 2.45) is 0 Å². The summed E-state index contributed by atoms with van der Waals surface area (Å²) in [6, 6.07) is 5.20. The molecule has 0 radical (unpaired) electrons. The highest BCUT2D eigenvalue weighted by Gasteiger charge is 2.12. The Bertz CT molecular complexity index is 629. The molecule has 0 aliphatic carbocycles. The second-order valence-corrected chi connectivity index (χ2v) is 6.77. The smallest absolute Gasteiger partial charge is 0.176 e. The summed E-state index contributed by atoms with van der Waals surface area (Å²) < 4.78 is 26.9. The van der Waals surface area contributed by atoms with Gasteiger partial charge in [0.2, 0.25) is 0 Å². The topological polar surface area (TPSA) is 20.3 Å². The lowest BCUT2D eigenvalue weighted by Crippen LogP contribution is -2.25. The second kappa shape index (κ2) is 6.56. The van der Waals surface area contributed by atoms with Gasteiger partial charge in [-0.25, -0.2) is 8.78 Å². The summed E-state index contributed by atoms with van der Waals surface area (Å²) in [5.74, 6) is -2.18. The van der Waals surface area contributed by atoms with Crippen LogP contribution in [0.4, 0.5) is 8.78 Å². The van der Waals surface area contributed by atoms with E-state index in [2.05, 4.69) is 15.9 Å². The van der Waals surface area contributed by atoms with Crippen molar-refractivity contribution < 1.29 is 13.6 Å². The summed E-state index contributed by atoms with van der Waals surface area (Å²) in [4.78, 5) is 13.8. The molecule has 6 heteroatoms. The molecule has 0 fully saturated rings. The minimum absolute atomic E-state index is 0.151. The van der Waals surface area contributed by atoms with Crippen LogP contribution in [0.25, 0.3) is 0 Å². The Hall–Kier alpha value is -1.11. The molecule has 106 valence electrons. The fourth-order valence-electron chi connectivity index (χ4n) is 1.80. The van der Waals surface area contributed by atoms with E-state index in [0.29, 0.717) is 6.54 Å². The van der Waals surface area contributed by atoms with Crippen LogP contribution >= 0.6 is 27.3 Å². The minimum Gasteiger partial charge on any atom is -0.295 e. The van der Waals surface area contributed by atoms with Gasteiger partial charge in [-0.05, 0) is 58.2 Å². The zero-order valence-electron chi connectivity index (χ0n) is 10.7. The van der Waals surface area contributed by atoms with Crippen LogP contribution in [0.3, 0.4) is 0 Å². The van der Waals surface area contributed by atoms with Gasteiger partial charge in [-0.15, -0.1) is 11.3 Å². The molecule has 0 aliphatic rings. The molecule has 0 N–H and O–H groups in total. The van der Waals surface area contributed by atoms with Crippen molar-refractivity contribution in [2.45, 2.75) is 6.54 Å². The largest absolute Gasteiger partial charge is 0.295 e. The Labute approximate surface area is 128 Å². The van der Waals surface area contributed by atoms with Gasteiger partial charge in [-0.3, -0.25) is 9.69 Å². The Morgan fingerprint density at radius 1 is 1.30 bits per heavy atom. The van der Waals surface area contributed by atoms with Crippen molar-refractivity contribution >= 4 is 33.0 Å². The quantitative estimate of drug-likeness (QED) is 0.749. The van der Waals surface area contributed by atoms with Crippen LogP contribution in [-0.4, -0.2) is 24.3 Å². The molecule has 0 spiro atoms. The fraction of sp³-hybridized carbons (Fsp3) is 0.214. The van der Waals surface area contributed by atoms with E-state index in [-0.39, 0.29) is 17.9 Å². The molecule has 2 rings (SSSR count). The summed E-state index contributed by atoms with van der Waals surface area (Å²) >= 11 is 4.96. The summed E-state index contributed by atoms with van der Waals surface area (Å²) in [5.41, 5.74) is 1.28. The highest BCUT2D eigenvalue weighted by atomic mass is 79.9. The molecule has 0 aliphatic heterocycles. The monoisotopic (exact) mass is 359 g/mol. The highest BCUT2D eigenvalue weighted by Crippen LogP contribution is 2.21. The number of carbonyl (C=O) groups is 1. The number of hydrogen-bond acceptors (Lipinski definition) is 3. The number of nitrogens with zero attached hydrogens (tertiary/aromatic N) is 1. The number of likely N-dealkylation sites (N-methyl/N-ethyl adjacent to an activating group) is 1. The molecule has 1 aromatic heterocycles. The van der Waals surface area contributed by atoms with Gasteiger partial charge < -0.3 is 0 Å². The number of rotatable bonds is 5. The molecule has 2 aromatic rings. The lowest BCUT2D eigenvalue weighted by molar-refractivity contribution is 0.0942. The third kappa shape index (κ3) is 3.94. The van der Waals surface area contributed by atoms with E-state index in [1.807, 2.05) is 23.4 Å². The predicted octanol–water partition coefficient (Wildman–Crippen LogP) is 4.10. The Balaban J connectivity index is 1.98. The van der Waals surface area contributed by atoms with Crippen LogP contribution in [0.2, 0.25) is 0 Å². The Morgan fingerprint density at radius 3 is 2.65 bits per heavy atom. The van der Waals surface area contributed by atoms with E-state index in [1.165, 1.54) is 6.07 Å². The molecule has 0 saturated carbocycles. The molecule has 1 heterocycles. The lowest BCUT2D eigenvalue weighted by atomic mass is 10.1. The molecule has 0 bridgehead atoms. The highest BCUT2D eigenvalue weighted by molar-refractivity contribution is 9.11. The molecular weight excluding hydrogens is 348 g/mol. The Morgan fingerprint density at radius 2 is 2.05 bits per heavy atom. The number of hydrogen-bond donors (Lipinski definition) is 0. The third-order valence-electron chi connectivity index (χ3n) is 2.73. The van der Waals surface area contributed by atoms with E-state index >= 15 is 0 Å². The van der Waals surface area contributed by atoms with Crippen molar-refractivity contribution in [3.05, 3.63) is 56.2 Å². The Kier molecular flexibility index (Phi) is 5.01. The van der Waals surface area contributed by atoms with Crippen LogP contribution in [0, 0.1) is 11.6 Å². The van der Waals surface area contributed by atoms with Gasteiger partial charge in [0.05, 0.1) is 10.3 Å². The van der Waals surface area contributed by atoms with Gasteiger partial charge in [0.15, 0.2) is 17.4 Å². The van der Waals surface area contributed by atoms with Gasteiger partial charge >= 0.3 is 0 Å². The first-order valence-corrected chi connectivity index (χ1v) is 7.52. The zero-order valence-corrected chi connectivity index (χ0v) is 13.1. The first-order chi connectivity index (χ1) is 9.45. The summed E-state index contributed by atoms with van der Waals surface area (Å²) in [5, 5.41) is 2.00. The molecule has 0 atom stereocenters. The maximum atomic E-state index is 13.1. The summed E-state index contributed by atoms with van der Waals surface area (Å²) in [6.07, 6.45) is 0. The van der Waals surface area contributed by atoms with Gasteiger partial charge in [0.1, 0.15) is 0 Å². The number of Topliss-reactive ketones (excluding diaryl/α,β-unsaturated/α-hetero) is 1. The molecular formula is C14H12BrF2NOS. The lowest BCUT2D eigenvalue weighted by Gasteiger charge is -2.14. The number of ketones is 1. The van der Waals surface area contributed by atoms with Crippen molar-refractivity contribution in [1.82, 2.24) is 4.90 Å². The predicted molar refractivity (Wildman–Crippen MR) is 79.0 cm³/mol. The maximum Gasteiger partial charge on any atom is 0.176 e. The summed E-state index contributed by atoms with van der Waals surface area (Å²) in [7, 11) is 1.81. The SMILES string of the molecule is CN(CC(=O)c1ccc(F)c(F)c1)Cc1csc(Br)c1. The molecule has 2 nitrogen and oxygen atoms in total. The first-order valence-electron chi connectivity index (χ1n) is 5.85. The van der Waals surface area contributed by atoms with Gasteiger partial charge in [-0.2, -0.15) is 0 Å². The van der Waals surface area contributed by atoms with E-state index in [9.17, 15) is 13.6 Å². The third-order valence-corrected chi connectivity index (χ3v) is 4.28. The number of thiophene rings is 1. The molecule has 0 amide bonds. The van der Waals surface area contributed by atoms with Gasteiger partial charge in [0.25, 0.3) is 0 Å². The van der Waals surface area contributed by atoms with E-state index in [1.54, 1.807) is 11.3 Å². The van der Waals surface area contributed by atoms with Gasteiger partial charge in [-0.1, -0.05) is 0 Å². The van der Waals surface area contributed by atoms with E-state index in [0.717, 1.165) is 21.5 Å². The average molecular weight is 360 g/mol. The van der Waals surface area contributed by atoms with E-state index in [4.69, 9.17) is 0 Å². The van der Waals surface area contributed by atoms with Crippen molar-refractivity contribution in [3.8, 4) is 0 Å². The molecule has 0 saturated heterocycles. The zero-order chi connectivity index (χ0) is 14.7. The maximum absolute atomic E-state index is 13.1. The molecule has 1 aromatic carbocycles. The van der Waals surface area contributed by atoms with Gasteiger partial charge in [0, 0.05) is 12.1 Å². The van der Waals surface area contributed by atoms with Crippen molar-refractivity contribution in [2.75, 3.05) is 13.6 Å². The van der Waals surface area contributed by atoms with Crippen LogP contribution in [0.5, 0.6) is 0 Å².